The van der Waals surface area contributed by atoms with Crippen molar-refractivity contribution in [3.05, 3.63) is 70.0 Å². The van der Waals surface area contributed by atoms with Gasteiger partial charge < -0.3 is 4.98 Å². The molecule has 0 unspecified atom stereocenters. The molecule has 2 aromatic carbocycles. The summed E-state index contributed by atoms with van der Waals surface area (Å²) >= 11 is 0. The molecule has 0 saturated heterocycles. The highest BCUT2D eigenvalue weighted by Gasteiger charge is 2.09. The van der Waals surface area contributed by atoms with Crippen LogP contribution >= 0.6 is 0 Å². The molecule has 5 heteroatoms. The molecule has 0 aliphatic carbocycles. The molecule has 0 saturated carbocycles. The SMILES string of the molecule is O=[N+]([O-])c1ccccc1C=Cc1nc2ccccc2[nH]1. The van der Waals surface area contributed by atoms with E-state index < -0.39 is 4.92 Å². The molecule has 1 aromatic heterocycles. The number of H-pyrrole nitrogens is 1. The van der Waals surface area contributed by atoms with Crippen molar-refractivity contribution in [3.63, 3.8) is 0 Å². The van der Waals surface area contributed by atoms with Crippen molar-refractivity contribution >= 4 is 28.9 Å². The Bertz CT molecular complexity index is 772. The van der Waals surface area contributed by atoms with Gasteiger partial charge in [-0.15, -0.1) is 0 Å². The van der Waals surface area contributed by atoms with Gasteiger partial charge in [0.25, 0.3) is 5.69 Å². The van der Waals surface area contributed by atoms with Crippen molar-refractivity contribution in [2.45, 2.75) is 0 Å². The molecule has 0 atom stereocenters. The van der Waals surface area contributed by atoms with Crippen LogP contribution in [0.1, 0.15) is 11.4 Å². The van der Waals surface area contributed by atoms with Gasteiger partial charge in [-0.05, 0) is 30.4 Å². The Morgan fingerprint density at radius 2 is 1.80 bits per heavy atom. The van der Waals surface area contributed by atoms with Gasteiger partial charge in [0, 0.05) is 6.07 Å². The highest BCUT2D eigenvalue weighted by Crippen LogP contribution is 2.20. The van der Waals surface area contributed by atoms with Crippen LogP contribution in [0.5, 0.6) is 0 Å². The van der Waals surface area contributed by atoms with Crippen molar-refractivity contribution in [2.75, 3.05) is 0 Å². The maximum absolute atomic E-state index is 10.9. The summed E-state index contributed by atoms with van der Waals surface area (Å²) in [5.41, 5.74) is 2.45. The third-order valence-corrected chi connectivity index (χ3v) is 2.96. The summed E-state index contributed by atoms with van der Waals surface area (Å²) < 4.78 is 0. The number of aromatic amines is 1. The van der Waals surface area contributed by atoms with E-state index in [1.807, 2.05) is 24.3 Å². The van der Waals surface area contributed by atoms with Crippen molar-refractivity contribution in [1.82, 2.24) is 9.97 Å². The van der Waals surface area contributed by atoms with Crippen LogP contribution in [0, 0.1) is 10.1 Å². The summed E-state index contributed by atoms with van der Waals surface area (Å²) in [7, 11) is 0. The van der Waals surface area contributed by atoms with Crippen LogP contribution in [0.3, 0.4) is 0 Å². The molecule has 0 aliphatic heterocycles. The van der Waals surface area contributed by atoms with Crippen LogP contribution in [-0.4, -0.2) is 14.9 Å². The van der Waals surface area contributed by atoms with Gasteiger partial charge in [-0.3, -0.25) is 10.1 Å². The van der Waals surface area contributed by atoms with Crippen LogP contribution in [0.4, 0.5) is 5.69 Å². The highest BCUT2D eigenvalue weighted by molar-refractivity contribution is 5.79. The van der Waals surface area contributed by atoms with Gasteiger partial charge in [-0.25, -0.2) is 4.98 Å². The third kappa shape index (κ3) is 2.29. The molecule has 5 nitrogen and oxygen atoms in total. The summed E-state index contributed by atoms with van der Waals surface area (Å²) in [4.78, 5) is 18.1. The van der Waals surface area contributed by atoms with Gasteiger partial charge in [0.05, 0.1) is 21.5 Å². The van der Waals surface area contributed by atoms with E-state index in [0.29, 0.717) is 11.4 Å². The zero-order valence-electron chi connectivity index (χ0n) is 10.5. The molecule has 20 heavy (non-hydrogen) atoms. The van der Waals surface area contributed by atoms with Gasteiger partial charge in [0.2, 0.25) is 0 Å². The third-order valence-electron chi connectivity index (χ3n) is 2.96. The van der Waals surface area contributed by atoms with Crippen molar-refractivity contribution < 1.29 is 4.92 Å². The predicted molar refractivity (Wildman–Crippen MR) is 78.1 cm³/mol. The number of nitro benzene ring substituents is 1. The second-order valence-corrected chi connectivity index (χ2v) is 4.29. The quantitative estimate of drug-likeness (QED) is 0.580. The topological polar surface area (TPSA) is 71.8 Å². The highest BCUT2D eigenvalue weighted by atomic mass is 16.6. The number of imidazole rings is 1. The van der Waals surface area contributed by atoms with Crippen LogP contribution in [-0.2, 0) is 0 Å². The lowest BCUT2D eigenvalue weighted by Crippen LogP contribution is -1.90. The first-order valence-electron chi connectivity index (χ1n) is 6.10. The van der Waals surface area contributed by atoms with Crippen molar-refractivity contribution in [2.24, 2.45) is 0 Å². The Morgan fingerprint density at radius 3 is 2.60 bits per heavy atom. The minimum Gasteiger partial charge on any atom is -0.338 e. The molecule has 0 fully saturated rings. The minimum atomic E-state index is -0.391. The fourth-order valence-corrected chi connectivity index (χ4v) is 2.01. The maximum Gasteiger partial charge on any atom is 0.276 e. The van der Waals surface area contributed by atoms with Crippen LogP contribution in [0.25, 0.3) is 23.2 Å². The summed E-state index contributed by atoms with van der Waals surface area (Å²) in [6, 6.07) is 14.3. The molecular weight excluding hydrogens is 254 g/mol. The average Bonchev–Trinajstić information content (AvgIpc) is 2.88. The minimum absolute atomic E-state index is 0.0832. The van der Waals surface area contributed by atoms with Crippen LogP contribution < -0.4 is 0 Å². The van der Waals surface area contributed by atoms with Gasteiger partial charge >= 0.3 is 0 Å². The van der Waals surface area contributed by atoms with E-state index >= 15 is 0 Å². The average molecular weight is 265 g/mol. The molecule has 3 rings (SSSR count). The van der Waals surface area contributed by atoms with E-state index in [1.165, 1.54) is 6.07 Å². The summed E-state index contributed by atoms with van der Waals surface area (Å²) in [6.45, 7) is 0. The van der Waals surface area contributed by atoms with E-state index in [9.17, 15) is 10.1 Å². The second kappa shape index (κ2) is 4.97. The predicted octanol–water partition coefficient (Wildman–Crippen LogP) is 3.64. The lowest BCUT2D eigenvalue weighted by molar-refractivity contribution is -0.385. The van der Waals surface area contributed by atoms with E-state index in [-0.39, 0.29) is 5.69 Å². The maximum atomic E-state index is 10.9. The van der Waals surface area contributed by atoms with Crippen LogP contribution in [0.2, 0.25) is 0 Å². The van der Waals surface area contributed by atoms with Crippen LogP contribution in [0.15, 0.2) is 48.5 Å². The molecule has 1 heterocycles. The standard InChI is InChI=1S/C15H11N3O2/c19-18(20)14-8-4-1-5-11(14)9-10-15-16-12-6-2-3-7-13(12)17-15/h1-10H,(H,16,17). The van der Waals surface area contributed by atoms with Gasteiger partial charge in [-0.2, -0.15) is 0 Å². The Hall–Kier alpha value is -2.95. The first kappa shape index (κ1) is 12.1. The molecule has 98 valence electrons. The number of rotatable bonds is 3. The molecule has 0 spiro atoms. The fourth-order valence-electron chi connectivity index (χ4n) is 2.01. The Labute approximate surface area is 114 Å². The number of nitro groups is 1. The molecule has 0 aliphatic rings. The van der Waals surface area contributed by atoms with Crippen molar-refractivity contribution in [3.8, 4) is 0 Å². The second-order valence-electron chi connectivity index (χ2n) is 4.29. The molecular formula is C15H11N3O2. The molecule has 0 bridgehead atoms. The summed E-state index contributed by atoms with van der Waals surface area (Å²) in [5.74, 6) is 0.671. The van der Waals surface area contributed by atoms with E-state index in [2.05, 4.69) is 9.97 Å². The van der Waals surface area contributed by atoms with E-state index in [1.54, 1.807) is 30.4 Å². The number of nitrogens with zero attached hydrogens (tertiary/aromatic N) is 2. The monoisotopic (exact) mass is 265 g/mol. The van der Waals surface area contributed by atoms with E-state index in [4.69, 9.17) is 0 Å². The smallest absolute Gasteiger partial charge is 0.276 e. The first-order valence-corrected chi connectivity index (χ1v) is 6.10. The van der Waals surface area contributed by atoms with E-state index in [0.717, 1.165) is 11.0 Å². The van der Waals surface area contributed by atoms with Gasteiger partial charge in [0.15, 0.2) is 0 Å². The zero-order chi connectivity index (χ0) is 13.9. The normalized spacial score (nSPS) is 11.2. The molecule has 3 aromatic rings. The van der Waals surface area contributed by atoms with Crippen molar-refractivity contribution in [1.29, 1.82) is 0 Å². The Morgan fingerprint density at radius 1 is 1.05 bits per heavy atom. The Kier molecular flexibility index (Phi) is 3.01. The number of aromatic nitrogens is 2. The van der Waals surface area contributed by atoms with Gasteiger partial charge in [-0.1, -0.05) is 24.3 Å². The van der Waals surface area contributed by atoms with Gasteiger partial charge in [0.1, 0.15) is 5.82 Å². The number of nitrogens with one attached hydrogen (secondary N) is 1. The molecule has 0 amide bonds. The lowest BCUT2D eigenvalue weighted by atomic mass is 10.1. The summed E-state index contributed by atoms with van der Waals surface area (Å²) in [6.07, 6.45) is 3.43. The number of hydrogen-bond donors (Lipinski definition) is 1. The lowest BCUT2D eigenvalue weighted by Gasteiger charge is -1.95. The summed E-state index contributed by atoms with van der Waals surface area (Å²) in [5, 5.41) is 10.9. The largest absolute Gasteiger partial charge is 0.338 e. The number of fused-ring (bicyclic) bond motifs is 1. The number of benzene rings is 2. The molecule has 1 N–H and O–H groups in total. The Balaban J connectivity index is 1.96. The first-order chi connectivity index (χ1) is 9.74. The number of para-hydroxylation sites is 3. The zero-order valence-corrected chi connectivity index (χ0v) is 10.5. The fraction of sp³-hybridized carbons (Fsp3) is 0. The number of hydrogen-bond acceptors (Lipinski definition) is 3. The molecule has 0 radical (unpaired) electrons.